The standard InChI is InChI=1S/C14H19N/c1-10-9-15-12-8-6-5-7-11(12)13(10)14(2,3)4/h5-10,13H,1-4H3. The number of benzene rings is 1. The number of aliphatic imine (C=N–C) groups is 1. The Morgan fingerprint density at radius 2 is 1.80 bits per heavy atom. The van der Waals surface area contributed by atoms with Crippen LogP contribution in [0.3, 0.4) is 0 Å². The van der Waals surface area contributed by atoms with Gasteiger partial charge in [0.2, 0.25) is 0 Å². The molecule has 0 aliphatic carbocycles. The second kappa shape index (κ2) is 3.48. The van der Waals surface area contributed by atoms with E-state index in [9.17, 15) is 0 Å². The highest BCUT2D eigenvalue weighted by molar-refractivity contribution is 5.72. The van der Waals surface area contributed by atoms with E-state index >= 15 is 0 Å². The summed E-state index contributed by atoms with van der Waals surface area (Å²) in [7, 11) is 0. The molecule has 0 spiro atoms. The van der Waals surface area contributed by atoms with Gasteiger partial charge in [-0.15, -0.1) is 0 Å². The quantitative estimate of drug-likeness (QED) is 0.597. The molecule has 1 heteroatoms. The molecule has 0 aromatic heterocycles. The molecule has 0 saturated heterocycles. The summed E-state index contributed by atoms with van der Waals surface area (Å²) in [6.45, 7) is 9.19. The monoisotopic (exact) mass is 201 g/mol. The van der Waals surface area contributed by atoms with Crippen molar-refractivity contribution in [2.24, 2.45) is 16.3 Å². The third-order valence-corrected chi connectivity index (χ3v) is 3.18. The van der Waals surface area contributed by atoms with Crippen molar-refractivity contribution in [3.05, 3.63) is 29.8 Å². The van der Waals surface area contributed by atoms with Crippen molar-refractivity contribution in [3.8, 4) is 0 Å². The fraction of sp³-hybridized carbons (Fsp3) is 0.500. The van der Waals surface area contributed by atoms with Crippen LogP contribution in [0.25, 0.3) is 0 Å². The highest BCUT2D eigenvalue weighted by Gasteiger charge is 2.33. The summed E-state index contributed by atoms with van der Waals surface area (Å²) in [5, 5.41) is 0. The van der Waals surface area contributed by atoms with E-state index in [1.165, 1.54) is 5.56 Å². The van der Waals surface area contributed by atoms with Gasteiger partial charge in [0.15, 0.2) is 0 Å². The molecular formula is C14H19N. The molecule has 1 nitrogen and oxygen atoms in total. The molecular weight excluding hydrogens is 182 g/mol. The van der Waals surface area contributed by atoms with E-state index in [0.29, 0.717) is 17.3 Å². The van der Waals surface area contributed by atoms with Crippen molar-refractivity contribution in [1.29, 1.82) is 0 Å². The average molecular weight is 201 g/mol. The summed E-state index contributed by atoms with van der Waals surface area (Å²) in [5.41, 5.74) is 2.85. The second-order valence-corrected chi connectivity index (χ2v) is 5.54. The van der Waals surface area contributed by atoms with Crippen LogP contribution in [0.5, 0.6) is 0 Å². The number of nitrogens with zero attached hydrogens (tertiary/aromatic N) is 1. The summed E-state index contributed by atoms with van der Waals surface area (Å²) >= 11 is 0. The fourth-order valence-electron chi connectivity index (χ4n) is 2.69. The first-order valence-corrected chi connectivity index (χ1v) is 5.63. The molecule has 1 aliphatic heterocycles. The third-order valence-electron chi connectivity index (χ3n) is 3.18. The molecule has 0 fully saturated rings. The molecule has 0 amide bonds. The molecule has 80 valence electrons. The SMILES string of the molecule is CC1C=Nc2ccccc2C1C(C)(C)C. The Labute approximate surface area is 92.2 Å². The van der Waals surface area contributed by atoms with Gasteiger partial charge >= 0.3 is 0 Å². The van der Waals surface area contributed by atoms with Gasteiger partial charge in [-0.3, -0.25) is 4.99 Å². The molecule has 0 saturated carbocycles. The number of fused-ring (bicyclic) bond motifs is 1. The fourth-order valence-corrected chi connectivity index (χ4v) is 2.69. The number of hydrogen-bond donors (Lipinski definition) is 0. The molecule has 0 radical (unpaired) electrons. The molecule has 0 bridgehead atoms. The van der Waals surface area contributed by atoms with Crippen LogP contribution in [-0.2, 0) is 0 Å². The van der Waals surface area contributed by atoms with Gasteiger partial charge in [0, 0.05) is 6.21 Å². The maximum Gasteiger partial charge on any atom is 0.0661 e. The number of para-hydroxylation sites is 1. The van der Waals surface area contributed by atoms with Crippen molar-refractivity contribution < 1.29 is 0 Å². The Bertz CT molecular complexity index is 385. The van der Waals surface area contributed by atoms with Gasteiger partial charge in [-0.2, -0.15) is 0 Å². The van der Waals surface area contributed by atoms with Gasteiger partial charge in [-0.1, -0.05) is 45.9 Å². The molecule has 1 aromatic carbocycles. The normalized spacial score (nSPS) is 25.1. The maximum absolute atomic E-state index is 4.51. The van der Waals surface area contributed by atoms with Crippen molar-refractivity contribution in [1.82, 2.24) is 0 Å². The van der Waals surface area contributed by atoms with Crippen LogP contribution >= 0.6 is 0 Å². The highest BCUT2D eigenvalue weighted by Crippen LogP contribution is 2.45. The molecule has 2 rings (SSSR count). The van der Waals surface area contributed by atoms with Crippen molar-refractivity contribution in [3.63, 3.8) is 0 Å². The molecule has 0 N–H and O–H groups in total. The third kappa shape index (κ3) is 1.83. The van der Waals surface area contributed by atoms with E-state index in [1.54, 1.807) is 0 Å². The molecule has 1 heterocycles. The van der Waals surface area contributed by atoms with Crippen molar-refractivity contribution >= 4 is 11.9 Å². The number of rotatable bonds is 0. The second-order valence-electron chi connectivity index (χ2n) is 5.54. The Morgan fingerprint density at radius 3 is 2.47 bits per heavy atom. The highest BCUT2D eigenvalue weighted by atomic mass is 14.8. The first-order valence-electron chi connectivity index (χ1n) is 5.63. The molecule has 2 unspecified atom stereocenters. The lowest BCUT2D eigenvalue weighted by atomic mass is 9.69. The predicted molar refractivity (Wildman–Crippen MR) is 66.0 cm³/mol. The molecule has 1 aliphatic rings. The van der Waals surface area contributed by atoms with E-state index in [2.05, 4.69) is 63.2 Å². The zero-order valence-electron chi connectivity index (χ0n) is 9.99. The van der Waals surface area contributed by atoms with E-state index in [-0.39, 0.29) is 0 Å². The minimum absolute atomic E-state index is 0.294. The Morgan fingerprint density at radius 1 is 1.13 bits per heavy atom. The lowest BCUT2D eigenvalue weighted by molar-refractivity contribution is 0.284. The lowest BCUT2D eigenvalue weighted by Crippen LogP contribution is -2.27. The van der Waals surface area contributed by atoms with Gasteiger partial charge in [0.25, 0.3) is 0 Å². The average Bonchev–Trinajstić information content (AvgIpc) is 2.15. The zero-order valence-corrected chi connectivity index (χ0v) is 9.99. The minimum atomic E-state index is 0.294. The summed E-state index contributed by atoms with van der Waals surface area (Å²) in [4.78, 5) is 4.51. The van der Waals surface area contributed by atoms with Crippen LogP contribution < -0.4 is 0 Å². The topological polar surface area (TPSA) is 12.4 Å². The van der Waals surface area contributed by atoms with Crippen LogP contribution in [0.15, 0.2) is 29.3 Å². The summed E-state index contributed by atoms with van der Waals surface area (Å²) in [5.74, 6) is 1.10. The maximum atomic E-state index is 4.51. The summed E-state index contributed by atoms with van der Waals surface area (Å²) in [6, 6.07) is 8.51. The first-order chi connectivity index (χ1) is 7.00. The largest absolute Gasteiger partial charge is 0.261 e. The Hall–Kier alpha value is -1.11. The van der Waals surface area contributed by atoms with Gasteiger partial charge in [-0.05, 0) is 28.9 Å². The van der Waals surface area contributed by atoms with E-state index in [0.717, 1.165) is 5.69 Å². The van der Waals surface area contributed by atoms with Crippen LogP contribution in [-0.4, -0.2) is 6.21 Å². The van der Waals surface area contributed by atoms with Crippen LogP contribution in [0.1, 0.15) is 39.2 Å². The zero-order chi connectivity index (χ0) is 11.1. The van der Waals surface area contributed by atoms with Gasteiger partial charge in [-0.25, -0.2) is 0 Å². The lowest BCUT2D eigenvalue weighted by Gasteiger charge is -2.37. The first kappa shape index (κ1) is 10.4. The van der Waals surface area contributed by atoms with Gasteiger partial charge in [0.1, 0.15) is 0 Å². The minimum Gasteiger partial charge on any atom is -0.261 e. The van der Waals surface area contributed by atoms with Crippen LogP contribution in [0.4, 0.5) is 5.69 Å². The summed E-state index contributed by atoms with van der Waals surface area (Å²) in [6.07, 6.45) is 2.10. The summed E-state index contributed by atoms with van der Waals surface area (Å²) < 4.78 is 0. The Kier molecular flexibility index (Phi) is 2.41. The van der Waals surface area contributed by atoms with Gasteiger partial charge < -0.3 is 0 Å². The molecule has 2 atom stereocenters. The van der Waals surface area contributed by atoms with E-state index in [1.807, 2.05) is 0 Å². The predicted octanol–water partition coefficient (Wildman–Crippen LogP) is 4.17. The number of hydrogen-bond acceptors (Lipinski definition) is 1. The van der Waals surface area contributed by atoms with Crippen molar-refractivity contribution in [2.45, 2.75) is 33.6 Å². The van der Waals surface area contributed by atoms with Crippen LogP contribution in [0.2, 0.25) is 0 Å². The van der Waals surface area contributed by atoms with E-state index < -0.39 is 0 Å². The van der Waals surface area contributed by atoms with Crippen molar-refractivity contribution in [2.75, 3.05) is 0 Å². The van der Waals surface area contributed by atoms with E-state index in [4.69, 9.17) is 0 Å². The smallest absolute Gasteiger partial charge is 0.0661 e. The Balaban J connectivity index is 2.52. The van der Waals surface area contributed by atoms with Crippen LogP contribution in [0, 0.1) is 11.3 Å². The molecule has 1 aromatic rings. The van der Waals surface area contributed by atoms with Gasteiger partial charge in [0.05, 0.1) is 5.69 Å². The molecule has 15 heavy (non-hydrogen) atoms.